The van der Waals surface area contributed by atoms with Crippen molar-refractivity contribution in [2.75, 3.05) is 26.4 Å². The van der Waals surface area contributed by atoms with E-state index in [0.717, 1.165) is 5.75 Å². The van der Waals surface area contributed by atoms with Gasteiger partial charge in [0.1, 0.15) is 37.9 Å². The van der Waals surface area contributed by atoms with E-state index in [-0.39, 0.29) is 25.8 Å². The van der Waals surface area contributed by atoms with Crippen LogP contribution in [0.5, 0.6) is 11.5 Å². The van der Waals surface area contributed by atoms with Crippen molar-refractivity contribution in [3.63, 3.8) is 0 Å². The average Bonchev–Trinajstić information content (AvgIpc) is 2.93. The highest BCUT2D eigenvalue weighted by Gasteiger charge is 2.08. The molecule has 0 unspecified atom stereocenters. The van der Waals surface area contributed by atoms with Gasteiger partial charge in [-0.1, -0.05) is 90.9 Å². The summed E-state index contributed by atoms with van der Waals surface area (Å²) in [5, 5.41) is 0. The fraction of sp³-hybridized carbons (Fsp3) is 0.444. The van der Waals surface area contributed by atoms with E-state index in [2.05, 4.69) is 34.8 Å². The summed E-state index contributed by atoms with van der Waals surface area (Å²) in [5.74, 6) is 5.46. The Bertz CT molecular complexity index is 876. The third-order valence-electron chi connectivity index (χ3n) is 3.12. The second-order valence-corrected chi connectivity index (χ2v) is 7.52. The molecule has 0 spiro atoms. The van der Waals surface area contributed by atoms with Crippen LogP contribution in [0.25, 0.3) is 0 Å². The van der Waals surface area contributed by atoms with Gasteiger partial charge < -0.3 is 14.2 Å². The second-order valence-electron chi connectivity index (χ2n) is 6.27. The molecule has 37 heavy (non-hydrogen) atoms. The minimum Gasteiger partial charge on any atom is -0.491 e. The molecule has 10 heteroatoms. The Morgan fingerprint density at radius 1 is 0.784 bits per heavy atom. The molecular weight excluding hydrogens is 498 g/mol. The number of para-hydroxylation sites is 2. The van der Waals surface area contributed by atoms with Gasteiger partial charge in [-0.05, 0) is 31.2 Å². The molecule has 0 aromatic heterocycles. The molecule has 0 aliphatic carbocycles. The number of hydrogen-bond donors (Lipinski definition) is 1. The maximum absolute atomic E-state index is 11.0. The van der Waals surface area contributed by atoms with E-state index in [9.17, 15) is 13.2 Å². The zero-order chi connectivity index (χ0) is 29.0. The fourth-order valence-corrected chi connectivity index (χ4v) is 2.10. The molecule has 2 rings (SSSR count). The van der Waals surface area contributed by atoms with Gasteiger partial charge in [0.05, 0.1) is 0 Å². The van der Waals surface area contributed by atoms with E-state index in [1.807, 2.05) is 64.1 Å². The molecule has 0 bridgehead atoms. The standard InChI is InChI=1S/C12H14O3.C8H11NO5S.C3H8.2C2H6/c1-10(2)12(13)15-9-8-14-11-6-4-3-5-7-11;9-14-15(10,11)13-7-6-12-8-4-2-1-3-5-8;1-3-2;2*1-2/h3-7H,1,8-9H2,2H3;1-5H,6-7,9H2;3H2,1-2H3;2*1-2H3. The molecule has 0 aliphatic heterocycles. The Morgan fingerprint density at radius 2 is 1.16 bits per heavy atom. The van der Waals surface area contributed by atoms with Crippen LogP contribution in [0.4, 0.5) is 0 Å². The highest BCUT2D eigenvalue weighted by Crippen LogP contribution is 2.08. The Hall–Kier alpha value is -2.92. The van der Waals surface area contributed by atoms with E-state index in [1.54, 1.807) is 31.2 Å². The number of ether oxygens (including phenoxy) is 3. The van der Waals surface area contributed by atoms with Gasteiger partial charge in [0.25, 0.3) is 0 Å². The first kappa shape index (κ1) is 38.6. The highest BCUT2D eigenvalue weighted by atomic mass is 32.3. The van der Waals surface area contributed by atoms with Crippen molar-refractivity contribution in [1.82, 2.24) is 0 Å². The van der Waals surface area contributed by atoms with Gasteiger partial charge in [-0.25, -0.2) is 8.98 Å². The van der Waals surface area contributed by atoms with Crippen molar-refractivity contribution < 1.29 is 35.9 Å². The molecule has 2 aromatic carbocycles. The summed E-state index contributed by atoms with van der Waals surface area (Å²) in [6, 6.07) is 18.3. The summed E-state index contributed by atoms with van der Waals surface area (Å²) in [4.78, 5) is 11.0. The van der Waals surface area contributed by atoms with Crippen LogP contribution in [0.3, 0.4) is 0 Å². The molecule has 0 heterocycles. The van der Waals surface area contributed by atoms with Crippen molar-refractivity contribution in [2.45, 2.75) is 54.9 Å². The zero-order valence-electron chi connectivity index (χ0n) is 23.3. The van der Waals surface area contributed by atoms with E-state index >= 15 is 0 Å². The predicted molar refractivity (Wildman–Crippen MR) is 148 cm³/mol. The molecule has 0 amide bonds. The highest BCUT2D eigenvalue weighted by molar-refractivity contribution is 7.81. The summed E-state index contributed by atoms with van der Waals surface area (Å²) >= 11 is 0. The number of benzene rings is 2. The molecular formula is C27H45NO8S. The average molecular weight is 544 g/mol. The number of carbonyl (C=O) groups is 1. The number of carbonyl (C=O) groups excluding carboxylic acids is 1. The van der Waals surface area contributed by atoms with E-state index in [4.69, 9.17) is 14.2 Å². The molecule has 0 radical (unpaired) electrons. The van der Waals surface area contributed by atoms with Gasteiger partial charge in [0.2, 0.25) is 0 Å². The lowest BCUT2D eigenvalue weighted by atomic mass is 10.3. The maximum Gasteiger partial charge on any atom is 0.416 e. The van der Waals surface area contributed by atoms with Crippen LogP contribution in [-0.4, -0.2) is 40.8 Å². The van der Waals surface area contributed by atoms with E-state index < -0.39 is 10.4 Å². The van der Waals surface area contributed by atoms with E-state index in [0.29, 0.717) is 17.9 Å². The number of esters is 1. The molecule has 0 atom stereocenters. The smallest absolute Gasteiger partial charge is 0.416 e. The molecule has 2 N–H and O–H groups in total. The Balaban J connectivity index is -0.000000503. The molecule has 9 nitrogen and oxygen atoms in total. The van der Waals surface area contributed by atoms with Gasteiger partial charge >= 0.3 is 16.4 Å². The number of nitrogens with two attached hydrogens (primary N) is 1. The third kappa shape index (κ3) is 26.0. The molecule has 0 saturated carbocycles. The minimum atomic E-state index is -4.08. The topological polar surface area (TPSA) is 123 Å². The van der Waals surface area contributed by atoms with Crippen LogP contribution in [0.15, 0.2) is 72.8 Å². The van der Waals surface area contributed by atoms with Gasteiger partial charge in [-0.2, -0.15) is 18.6 Å². The van der Waals surface area contributed by atoms with Crippen molar-refractivity contribution >= 4 is 16.4 Å². The minimum absolute atomic E-state index is 0.0899. The first-order chi connectivity index (χ1) is 17.8. The van der Waals surface area contributed by atoms with Crippen LogP contribution >= 0.6 is 0 Å². The second kappa shape index (κ2) is 27.7. The largest absolute Gasteiger partial charge is 0.491 e. The summed E-state index contributed by atoms with van der Waals surface area (Å²) in [7, 11) is -4.08. The van der Waals surface area contributed by atoms with Crippen LogP contribution in [0, 0.1) is 0 Å². The first-order valence-corrected chi connectivity index (χ1v) is 13.5. The number of rotatable bonds is 11. The summed E-state index contributed by atoms with van der Waals surface area (Å²) in [5.41, 5.74) is 0.398. The van der Waals surface area contributed by atoms with Crippen molar-refractivity contribution in [2.24, 2.45) is 5.90 Å². The summed E-state index contributed by atoms with van der Waals surface area (Å²) in [6.07, 6.45) is 1.25. The zero-order valence-corrected chi connectivity index (χ0v) is 24.1. The lowest BCUT2D eigenvalue weighted by molar-refractivity contribution is -0.139. The lowest BCUT2D eigenvalue weighted by Gasteiger charge is -2.06. The Labute approximate surface area is 223 Å². The summed E-state index contributed by atoms with van der Waals surface area (Å²) < 4.78 is 44.4. The normalized spacial score (nSPS) is 9.19. The fourth-order valence-electron chi connectivity index (χ4n) is 1.77. The monoisotopic (exact) mass is 543 g/mol. The van der Waals surface area contributed by atoms with Crippen molar-refractivity contribution in [3.8, 4) is 11.5 Å². The van der Waals surface area contributed by atoms with Gasteiger partial charge in [-0.15, -0.1) is 0 Å². The predicted octanol–water partition coefficient (Wildman–Crippen LogP) is 5.87. The van der Waals surface area contributed by atoms with Gasteiger partial charge in [-0.3, -0.25) is 0 Å². The van der Waals surface area contributed by atoms with Crippen LogP contribution in [-0.2, 0) is 28.4 Å². The van der Waals surface area contributed by atoms with Crippen LogP contribution in [0.1, 0.15) is 54.9 Å². The van der Waals surface area contributed by atoms with Crippen LogP contribution in [0.2, 0.25) is 0 Å². The van der Waals surface area contributed by atoms with Gasteiger partial charge in [0, 0.05) is 5.57 Å². The molecule has 212 valence electrons. The van der Waals surface area contributed by atoms with Crippen LogP contribution < -0.4 is 15.4 Å². The quantitative estimate of drug-likeness (QED) is 0.160. The third-order valence-corrected chi connectivity index (χ3v) is 3.81. The molecule has 0 saturated heterocycles. The Morgan fingerprint density at radius 3 is 1.51 bits per heavy atom. The first-order valence-electron chi connectivity index (χ1n) is 12.2. The maximum atomic E-state index is 11.0. The Kier molecular flexibility index (Phi) is 28.9. The molecule has 2 aromatic rings. The van der Waals surface area contributed by atoms with Crippen molar-refractivity contribution in [1.29, 1.82) is 0 Å². The van der Waals surface area contributed by atoms with Crippen molar-refractivity contribution in [3.05, 3.63) is 72.8 Å². The number of hydrogen-bond acceptors (Lipinski definition) is 9. The molecule has 0 aliphatic rings. The van der Waals surface area contributed by atoms with E-state index in [1.165, 1.54) is 6.42 Å². The SMILES string of the molecule is C=C(C)C(=O)OCCOc1ccccc1.CC.CC.CCC.NOS(=O)(=O)OCCOc1ccccc1. The van der Waals surface area contributed by atoms with Gasteiger partial charge in [0.15, 0.2) is 0 Å². The lowest BCUT2D eigenvalue weighted by Crippen LogP contribution is -2.17. The summed E-state index contributed by atoms with van der Waals surface area (Å²) in [6.45, 7) is 17.9. The molecule has 0 fully saturated rings.